The molecule has 1 aromatic rings. The Kier molecular flexibility index (Phi) is 5.78. The minimum Gasteiger partial charge on any atom is -0.384 e. The van der Waals surface area contributed by atoms with Gasteiger partial charge in [-0.25, -0.2) is 0 Å². The van der Waals surface area contributed by atoms with E-state index in [-0.39, 0.29) is 6.15 Å². The van der Waals surface area contributed by atoms with Gasteiger partial charge in [0.15, 0.2) is 6.10 Å². The first kappa shape index (κ1) is 15.2. The van der Waals surface area contributed by atoms with Gasteiger partial charge in [0.25, 0.3) is 0 Å². The highest BCUT2D eigenvalue weighted by molar-refractivity contribution is 6.20. The predicted octanol–water partition coefficient (Wildman–Crippen LogP) is 3.44. The minimum absolute atomic E-state index is 0. The van der Waals surface area contributed by atoms with E-state index in [0.717, 1.165) is 0 Å². The molecule has 4 N–H and O–H groups in total. The Morgan fingerprint density at radius 1 is 1.19 bits per heavy atom. The lowest BCUT2D eigenvalue weighted by Crippen LogP contribution is -2.29. The first-order chi connectivity index (χ1) is 6.91. The second kappa shape index (κ2) is 6.08. The molecule has 0 radical (unpaired) electrons. The van der Waals surface area contributed by atoms with Crippen LogP contribution in [-0.2, 0) is 0 Å². The molecule has 0 aliphatic carbocycles. The molecule has 0 aromatic heterocycles. The van der Waals surface area contributed by atoms with E-state index in [4.69, 9.17) is 16.7 Å². The normalized spacial score (nSPS) is 15.1. The van der Waals surface area contributed by atoms with Gasteiger partial charge in [0.05, 0.1) is 5.38 Å². The van der Waals surface area contributed by atoms with Crippen LogP contribution < -0.4 is 6.15 Å². The summed E-state index contributed by atoms with van der Waals surface area (Å²) in [5.74, 6) is 0. The molecule has 6 heteroatoms. The van der Waals surface area contributed by atoms with Crippen LogP contribution >= 0.6 is 11.6 Å². The molecule has 2 atom stereocenters. The third-order valence-electron chi connectivity index (χ3n) is 1.97. The van der Waals surface area contributed by atoms with Gasteiger partial charge in [-0.15, -0.1) is 11.6 Å². The molecule has 0 aliphatic rings. The number of alkyl halides is 4. The summed E-state index contributed by atoms with van der Waals surface area (Å²) in [4.78, 5) is 0. The molecule has 1 aromatic carbocycles. The van der Waals surface area contributed by atoms with E-state index in [2.05, 4.69) is 0 Å². The van der Waals surface area contributed by atoms with Crippen molar-refractivity contribution in [2.75, 3.05) is 0 Å². The van der Waals surface area contributed by atoms with E-state index < -0.39 is 24.1 Å². The smallest absolute Gasteiger partial charge is 0.384 e. The predicted molar refractivity (Wildman–Crippen MR) is 56.7 cm³/mol. The van der Waals surface area contributed by atoms with E-state index in [0.29, 0.717) is 5.56 Å². The third-order valence-corrected chi connectivity index (χ3v) is 2.40. The molecular formula is C10H13ClF3NO. The van der Waals surface area contributed by atoms with Gasteiger partial charge in [-0.2, -0.15) is 13.2 Å². The zero-order valence-corrected chi connectivity index (χ0v) is 9.17. The summed E-state index contributed by atoms with van der Waals surface area (Å²) in [5, 5.41) is 7.98. The maximum absolute atomic E-state index is 12.0. The standard InChI is InChI=1S/C10H10ClF3O.H3N/c11-8(6-9(15)10(12,13)14)7-4-2-1-3-5-7;/h1-5,8-9,15H,6H2;1H3. The van der Waals surface area contributed by atoms with Crippen molar-refractivity contribution in [1.29, 1.82) is 0 Å². The largest absolute Gasteiger partial charge is 0.414 e. The maximum Gasteiger partial charge on any atom is 0.414 e. The zero-order chi connectivity index (χ0) is 11.5. The Bertz CT molecular complexity index is 305. The van der Waals surface area contributed by atoms with Gasteiger partial charge in [-0.05, 0) is 5.56 Å². The van der Waals surface area contributed by atoms with Crippen molar-refractivity contribution in [1.82, 2.24) is 6.15 Å². The Labute approximate surface area is 96.6 Å². The number of hydrogen-bond acceptors (Lipinski definition) is 2. The highest BCUT2D eigenvalue weighted by Crippen LogP contribution is 2.31. The van der Waals surface area contributed by atoms with Gasteiger partial charge in [0.1, 0.15) is 0 Å². The molecule has 0 heterocycles. The van der Waals surface area contributed by atoms with E-state index in [9.17, 15) is 13.2 Å². The molecule has 2 nitrogen and oxygen atoms in total. The monoisotopic (exact) mass is 255 g/mol. The Hall–Kier alpha value is -0.780. The van der Waals surface area contributed by atoms with Crippen molar-refractivity contribution in [2.24, 2.45) is 0 Å². The van der Waals surface area contributed by atoms with Crippen molar-refractivity contribution < 1.29 is 18.3 Å². The topological polar surface area (TPSA) is 55.2 Å². The van der Waals surface area contributed by atoms with Crippen LogP contribution in [0.4, 0.5) is 13.2 Å². The molecular weight excluding hydrogens is 243 g/mol. The highest BCUT2D eigenvalue weighted by atomic mass is 35.5. The average molecular weight is 256 g/mol. The fourth-order valence-electron chi connectivity index (χ4n) is 1.13. The maximum atomic E-state index is 12.0. The number of halogens is 4. The van der Waals surface area contributed by atoms with E-state index in [1.807, 2.05) is 0 Å². The Balaban J connectivity index is 0.00000225. The number of aliphatic hydroxyl groups is 1. The second-order valence-electron chi connectivity index (χ2n) is 3.17. The van der Waals surface area contributed by atoms with E-state index >= 15 is 0 Å². The van der Waals surface area contributed by atoms with Crippen LogP contribution in [0.15, 0.2) is 30.3 Å². The highest BCUT2D eigenvalue weighted by Gasteiger charge is 2.39. The van der Waals surface area contributed by atoms with Crippen LogP contribution in [0.2, 0.25) is 0 Å². The van der Waals surface area contributed by atoms with Crippen molar-refractivity contribution in [3.05, 3.63) is 35.9 Å². The van der Waals surface area contributed by atoms with Crippen molar-refractivity contribution >= 4 is 11.6 Å². The summed E-state index contributed by atoms with van der Waals surface area (Å²) in [6, 6.07) is 8.37. The van der Waals surface area contributed by atoms with Gasteiger partial charge < -0.3 is 11.3 Å². The van der Waals surface area contributed by atoms with Gasteiger partial charge in [-0.1, -0.05) is 30.3 Å². The zero-order valence-electron chi connectivity index (χ0n) is 8.41. The first-order valence-corrected chi connectivity index (χ1v) is 4.78. The van der Waals surface area contributed by atoms with Crippen molar-refractivity contribution in [3.8, 4) is 0 Å². The summed E-state index contributed by atoms with van der Waals surface area (Å²) in [7, 11) is 0. The molecule has 0 saturated carbocycles. The van der Waals surface area contributed by atoms with Gasteiger partial charge >= 0.3 is 6.18 Å². The van der Waals surface area contributed by atoms with Crippen LogP contribution in [0.5, 0.6) is 0 Å². The van der Waals surface area contributed by atoms with Crippen LogP contribution in [0.1, 0.15) is 17.4 Å². The van der Waals surface area contributed by atoms with E-state index in [1.54, 1.807) is 30.3 Å². The number of rotatable bonds is 3. The fourth-order valence-corrected chi connectivity index (χ4v) is 1.44. The second-order valence-corrected chi connectivity index (χ2v) is 3.70. The first-order valence-electron chi connectivity index (χ1n) is 4.35. The number of benzene rings is 1. The molecule has 0 amide bonds. The van der Waals surface area contributed by atoms with Crippen molar-refractivity contribution in [2.45, 2.75) is 24.1 Å². The van der Waals surface area contributed by atoms with E-state index in [1.165, 1.54) is 0 Å². The molecule has 0 aliphatic heterocycles. The fraction of sp³-hybridized carbons (Fsp3) is 0.400. The average Bonchev–Trinajstić information content (AvgIpc) is 2.17. The third kappa shape index (κ3) is 4.38. The Morgan fingerprint density at radius 3 is 2.12 bits per heavy atom. The SMILES string of the molecule is N.OC(CC(Cl)c1ccccc1)C(F)(F)F. The number of aliphatic hydroxyl groups excluding tert-OH is 1. The van der Waals surface area contributed by atoms with Gasteiger partial charge in [0.2, 0.25) is 0 Å². The summed E-state index contributed by atoms with van der Waals surface area (Å²) >= 11 is 5.75. The number of hydrogen-bond donors (Lipinski definition) is 2. The van der Waals surface area contributed by atoms with Crippen LogP contribution in [0.25, 0.3) is 0 Å². The van der Waals surface area contributed by atoms with Gasteiger partial charge in [0, 0.05) is 6.42 Å². The summed E-state index contributed by atoms with van der Waals surface area (Å²) in [5.41, 5.74) is 0.572. The van der Waals surface area contributed by atoms with Crippen LogP contribution in [0, 0.1) is 0 Å². The summed E-state index contributed by atoms with van der Waals surface area (Å²) in [6.45, 7) is 0. The minimum atomic E-state index is -4.61. The summed E-state index contributed by atoms with van der Waals surface area (Å²) < 4.78 is 36.0. The molecule has 0 saturated heterocycles. The lowest BCUT2D eigenvalue weighted by atomic mass is 10.1. The summed E-state index contributed by atoms with van der Waals surface area (Å²) in [6.07, 6.45) is -7.52. The molecule has 0 spiro atoms. The molecule has 92 valence electrons. The molecule has 0 bridgehead atoms. The van der Waals surface area contributed by atoms with Gasteiger partial charge in [-0.3, -0.25) is 0 Å². The van der Waals surface area contributed by atoms with Crippen molar-refractivity contribution in [3.63, 3.8) is 0 Å². The quantitative estimate of drug-likeness (QED) is 0.813. The molecule has 0 fully saturated rings. The lowest BCUT2D eigenvalue weighted by molar-refractivity contribution is -0.205. The molecule has 2 unspecified atom stereocenters. The van der Waals surface area contributed by atoms with Crippen LogP contribution in [-0.4, -0.2) is 17.4 Å². The molecule has 1 rings (SSSR count). The Morgan fingerprint density at radius 2 is 1.69 bits per heavy atom. The lowest BCUT2D eigenvalue weighted by Gasteiger charge is -2.17. The molecule has 16 heavy (non-hydrogen) atoms. The van der Waals surface area contributed by atoms with Crippen LogP contribution in [0.3, 0.4) is 0 Å².